The number of nitrogens with two attached hydrogens (primary N) is 1. The van der Waals surface area contributed by atoms with Gasteiger partial charge in [-0.15, -0.1) is 0 Å². The second-order valence-corrected chi connectivity index (χ2v) is 2.51. The SMILES string of the molecule is N#CC(N)C(O)c1ccccc1. The lowest BCUT2D eigenvalue weighted by Crippen LogP contribution is -2.26. The van der Waals surface area contributed by atoms with Crippen LogP contribution in [0.4, 0.5) is 0 Å². The first-order chi connectivity index (χ1) is 5.75. The van der Waals surface area contributed by atoms with Crippen LogP contribution in [0.15, 0.2) is 30.3 Å². The Kier molecular flexibility index (Phi) is 2.81. The molecular formula is C9H10N2O. The second-order valence-electron chi connectivity index (χ2n) is 2.51. The molecule has 2 unspecified atom stereocenters. The van der Waals surface area contributed by atoms with Crippen LogP contribution in [0.25, 0.3) is 0 Å². The average Bonchev–Trinajstić information content (AvgIpc) is 2.17. The third kappa shape index (κ3) is 1.82. The van der Waals surface area contributed by atoms with Gasteiger partial charge in [0.1, 0.15) is 12.1 Å². The lowest BCUT2D eigenvalue weighted by molar-refractivity contribution is 0.165. The van der Waals surface area contributed by atoms with Gasteiger partial charge in [0.25, 0.3) is 0 Å². The summed E-state index contributed by atoms with van der Waals surface area (Å²) in [7, 11) is 0. The molecule has 0 heterocycles. The predicted octanol–water partition coefficient (Wildman–Crippen LogP) is 0.571. The number of nitrogens with zero attached hydrogens (tertiary/aromatic N) is 1. The minimum Gasteiger partial charge on any atom is -0.386 e. The van der Waals surface area contributed by atoms with Crippen molar-refractivity contribution in [3.05, 3.63) is 35.9 Å². The number of benzene rings is 1. The molecule has 0 aliphatic heterocycles. The normalized spacial score (nSPS) is 14.8. The van der Waals surface area contributed by atoms with Crippen molar-refractivity contribution >= 4 is 0 Å². The standard InChI is InChI=1S/C9H10N2O/c10-6-8(11)9(12)7-4-2-1-3-5-7/h1-5,8-9,12H,11H2. The molecule has 0 radical (unpaired) electrons. The van der Waals surface area contributed by atoms with E-state index in [1.807, 2.05) is 6.07 Å². The molecule has 0 aliphatic carbocycles. The molecule has 3 N–H and O–H groups in total. The Hall–Kier alpha value is -1.37. The van der Waals surface area contributed by atoms with Crippen molar-refractivity contribution in [3.63, 3.8) is 0 Å². The quantitative estimate of drug-likeness (QED) is 0.668. The first kappa shape index (κ1) is 8.72. The smallest absolute Gasteiger partial charge is 0.123 e. The Morgan fingerprint density at radius 1 is 1.33 bits per heavy atom. The second kappa shape index (κ2) is 3.86. The van der Waals surface area contributed by atoms with E-state index in [0.29, 0.717) is 5.56 Å². The van der Waals surface area contributed by atoms with Crippen LogP contribution in [0.2, 0.25) is 0 Å². The number of aliphatic hydroxyl groups excluding tert-OH is 1. The Morgan fingerprint density at radius 2 is 1.92 bits per heavy atom. The summed E-state index contributed by atoms with van der Waals surface area (Å²) in [6, 6.07) is 9.84. The van der Waals surface area contributed by atoms with E-state index < -0.39 is 12.1 Å². The van der Waals surface area contributed by atoms with Crippen molar-refractivity contribution in [2.45, 2.75) is 12.1 Å². The fourth-order valence-electron chi connectivity index (χ4n) is 0.928. The van der Waals surface area contributed by atoms with Crippen molar-refractivity contribution in [2.24, 2.45) is 5.73 Å². The van der Waals surface area contributed by atoms with Crippen LogP contribution >= 0.6 is 0 Å². The molecular weight excluding hydrogens is 152 g/mol. The Balaban J connectivity index is 2.80. The maximum Gasteiger partial charge on any atom is 0.123 e. The summed E-state index contributed by atoms with van der Waals surface area (Å²) in [5.41, 5.74) is 6.01. The Labute approximate surface area is 71.1 Å². The molecule has 0 saturated heterocycles. The molecule has 0 saturated carbocycles. The van der Waals surface area contributed by atoms with Gasteiger partial charge in [-0.2, -0.15) is 5.26 Å². The van der Waals surface area contributed by atoms with Gasteiger partial charge in [-0.1, -0.05) is 30.3 Å². The van der Waals surface area contributed by atoms with E-state index in [4.69, 9.17) is 11.0 Å². The van der Waals surface area contributed by atoms with Crippen LogP contribution in [0.1, 0.15) is 11.7 Å². The minimum atomic E-state index is -0.892. The Bertz CT molecular complexity index is 278. The monoisotopic (exact) mass is 162 g/mol. The first-order valence-corrected chi connectivity index (χ1v) is 3.64. The highest BCUT2D eigenvalue weighted by atomic mass is 16.3. The van der Waals surface area contributed by atoms with Crippen molar-refractivity contribution in [2.75, 3.05) is 0 Å². The van der Waals surface area contributed by atoms with Gasteiger partial charge in [0.05, 0.1) is 6.07 Å². The lowest BCUT2D eigenvalue weighted by Gasteiger charge is -2.11. The predicted molar refractivity (Wildman–Crippen MR) is 45.0 cm³/mol. The molecule has 3 heteroatoms. The van der Waals surface area contributed by atoms with Gasteiger partial charge in [-0.25, -0.2) is 0 Å². The molecule has 3 nitrogen and oxygen atoms in total. The zero-order valence-electron chi connectivity index (χ0n) is 6.51. The highest BCUT2D eigenvalue weighted by Gasteiger charge is 2.14. The number of hydrogen-bond acceptors (Lipinski definition) is 3. The Morgan fingerprint density at radius 3 is 2.42 bits per heavy atom. The van der Waals surface area contributed by atoms with Crippen LogP contribution in [0, 0.1) is 11.3 Å². The summed E-state index contributed by atoms with van der Waals surface area (Å²) < 4.78 is 0. The summed E-state index contributed by atoms with van der Waals surface area (Å²) >= 11 is 0. The zero-order valence-corrected chi connectivity index (χ0v) is 6.51. The molecule has 12 heavy (non-hydrogen) atoms. The highest BCUT2D eigenvalue weighted by molar-refractivity contribution is 5.20. The van der Waals surface area contributed by atoms with Gasteiger partial charge in [0.15, 0.2) is 0 Å². The van der Waals surface area contributed by atoms with E-state index in [1.165, 1.54) is 0 Å². The largest absolute Gasteiger partial charge is 0.386 e. The molecule has 0 fully saturated rings. The third-order valence-corrected chi connectivity index (χ3v) is 1.63. The van der Waals surface area contributed by atoms with E-state index in [9.17, 15) is 5.11 Å². The average molecular weight is 162 g/mol. The van der Waals surface area contributed by atoms with Gasteiger partial charge in [-0.3, -0.25) is 0 Å². The van der Waals surface area contributed by atoms with Crippen molar-refractivity contribution in [1.29, 1.82) is 5.26 Å². The maximum absolute atomic E-state index is 9.44. The first-order valence-electron chi connectivity index (χ1n) is 3.64. The van der Waals surface area contributed by atoms with Gasteiger partial charge >= 0.3 is 0 Å². The maximum atomic E-state index is 9.44. The van der Waals surface area contributed by atoms with E-state index in [1.54, 1.807) is 30.3 Å². The highest BCUT2D eigenvalue weighted by Crippen LogP contribution is 2.13. The van der Waals surface area contributed by atoms with Crippen LogP contribution in [0.3, 0.4) is 0 Å². The molecule has 1 aromatic rings. The molecule has 0 bridgehead atoms. The number of aliphatic hydroxyl groups is 1. The van der Waals surface area contributed by atoms with Crippen LogP contribution in [0.5, 0.6) is 0 Å². The van der Waals surface area contributed by atoms with Gasteiger partial charge < -0.3 is 10.8 Å². The van der Waals surface area contributed by atoms with Gasteiger partial charge in [-0.05, 0) is 5.56 Å². The third-order valence-electron chi connectivity index (χ3n) is 1.63. The fourth-order valence-corrected chi connectivity index (χ4v) is 0.928. The number of nitriles is 1. The molecule has 0 spiro atoms. The summed E-state index contributed by atoms with van der Waals surface area (Å²) in [5, 5.41) is 17.9. The minimum absolute atomic E-state index is 0.673. The van der Waals surface area contributed by atoms with E-state index in [2.05, 4.69) is 0 Å². The zero-order chi connectivity index (χ0) is 8.97. The molecule has 62 valence electrons. The van der Waals surface area contributed by atoms with E-state index in [0.717, 1.165) is 0 Å². The van der Waals surface area contributed by atoms with Crippen LogP contribution in [-0.2, 0) is 0 Å². The van der Waals surface area contributed by atoms with Crippen molar-refractivity contribution in [3.8, 4) is 6.07 Å². The van der Waals surface area contributed by atoms with Crippen LogP contribution < -0.4 is 5.73 Å². The van der Waals surface area contributed by atoms with Crippen LogP contribution in [-0.4, -0.2) is 11.1 Å². The van der Waals surface area contributed by atoms with Gasteiger partial charge in [0, 0.05) is 0 Å². The summed E-state index contributed by atoms with van der Waals surface area (Å²) in [4.78, 5) is 0. The summed E-state index contributed by atoms with van der Waals surface area (Å²) in [6.07, 6.45) is -0.892. The van der Waals surface area contributed by atoms with E-state index in [-0.39, 0.29) is 0 Å². The topological polar surface area (TPSA) is 70.0 Å². The molecule has 1 aromatic carbocycles. The van der Waals surface area contributed by atoms with E-state index >= 15 is 0 Å². The summed E-state index contributed by atoms with van der Waals surface area (Å²) in [6.45, 7) is 0. The fraction of sp³-hybridized carbons (Fsp3) is 0.222. The molecule has 0 aliphatic rings. The van der Waals surface area contributed by atoms with Gasteiger partial charge in [0.2, 0.25) is 0 Å². The molecule has 0 aromatic heterocycles. The number of hydrogen-bond donors (Lipinski definition) is 2. The molecule has 0 amide bonds. The summed E-state index contributed by atoms with van der Waals surface area (Å²) in [5.74, 6) is 0. The number of rotatable bonds is 2. The molecule has 1 rings (SSSR count). The lowest BCUT2D eigenvalue weighted by atomic mass is 10.0. The van der Waals surface area contributed by atoms with Crippen molar-refractivity contribution in [1.82, 2.24) is 0 Å². The molecule has 2 atom stereocenters. The van der Waals surface area contributed by atoms with Crippen molar-refractivity contribution < 1.29 is 5.11 Å².